The quantitative estimate of drug-likeness (QED) is 0.646. The first-order valence-electron chi connectivity index (χ1n) is 8.64. The number of sulfonamides is 1. The fourth-order valence-electron chi connectivity index (χ4n) is 3.42. The van der Waals surface area contributed by atoms with Crippen LogP contribution in [0.15, 0.2) is 47.4 Å². The van der Waals surface area contributed by atoms with E-state index in [-0.39, 0.29) is 10.9 Å². The third-order valence-electron chi connectivity index (χ3n) is 4.76. The highest BCUT2D eigenvalue weighted by atomic mass is 32.2. The minimum Gasteiger partial charge on any atom is -0.497 e. The van der Waals surface area contributed by atoms with E-state index >= 15 is 0 Å². The second-order valence-corrected chi connectivity index (χ2v) is 9.23. The van der Waals surface area contributed by atoms with Crippen molar-refractivity contribution in [2.75, 3.05) is 20.8 Å². The summed E-state index contributed by atoms with van der Waals surface area (Å²) >= 11 is 1.55. The zero-order valence-corrected chi connectivity index (χ0v) is 16.7. The van der Waals surface area contributed by atoms with Gasteiger partial charge in [-0.3, -0.25) is 0 Å². The number of hydrogen-bond donors (Lipinski definition) is 0. The monoisotopic (exact) mass is 404 g/mol. The molecular formula is C19H20N2O4S2. The maximum atomic E-state index is 13.4. The van der Waals surface area contributed by atoms with Gasteiger partial charge in [0, 0.05) is 12.6 Å². The van der Waals surface area contributed by atoms with Gasteiger partial charge in [0.15, 0.2) is 0 Å². The molecule has 4 rings (SSSR count). The molecule has 0 unspecified atom stereocenters. The van der Waals surface area contributed by atoms with Crippen LogP contribution < -0.4 is 9.47 Å². The van der Waals surface area contributed by atoms with Gasteiger partial charge in [0.05, 0.1) is 30.5 Å². The molecule has 1 aliphatic rings. The molecule has 0 bridgehead atoms. The van der Waals surface area contributed by atoms with Crippen molar-refractivity contribution < 1.29 is 17.9 Å². The molecule has 1 fully saturated rings. The second-order valence-electron chi connectivity index (χ2n) is 6.31. The zero-order chi connectivity index (χ0) is 19.0. The highest BCUT2D eigenvalue weighted by Crippen LogP contribution is 2.41. The van der Waals surface area contributed by atoms with Crippen molar-refractivity contribution >= 4 is 31.6 Å². The van der Waals surface area contributed by atoms with Crippen molar-refractivity contribution in [1.29, 1.82) is 0 Å². The summed E-state index contributed by atoms with van der Waals surface area (Å²) < 4.78 is 40.0. The van der Waals surface area contributed by atoms with Crippen LogP contribution >= 0.6 is 11.3 Å². The average Bonchev–Trinajstić information content (AvgIpc) is 3.34. The van der Waals surface area contributed by atoms with E-state index in [2.05, 4.69) is 4.98 Å². The lowest BCUT2D eigenvalue weighted by Gasteiger charge is -2.23. The van der Waals surface area contributed by atoms with E-state index in [0.29, 0.717) is 18.0 Å². The smallest absolute Gasteiger partial charge is 0.247 e. The molecule has 0 amide bonds. The number of para-hydroxylation sites is 1. The van der Waals surface area contributed by atoms with Crippen LogP contribution in [0.25, 0.3) is 10.2 Å². The Labute approximate surface area is 162 Å². The highest BCUT2D eigenvalue weighted by molar-refractivity contribution is 7.89. The van der Waals surface area contributed by atoms with Crippen LogP contribution in [0, 0.1) is 0 Å². The van der Waals surface area contributed by atoms with E-state index in [9.17, 15) is 8.42 Å². The van der Waals surface area contributed by atoms with Crippen molar-refractivity contribution in [3.63, 3.8) is 0 Å². The van der Waals surface area contributed by atoms with Gasteiger partial charge in [0.2, 0.25) is 10.0 Å². The molecule has 0 radical (unpaired) electrons. The van der Waals surface area contributed by atoms with Gasteiger partial charge < -0.3 is 9.47 Å². The second kappa shape index (κ2) is 7.10. The van der Waals surface area contributed by atoms with Crippen LogP contribution in [0.5, 0.6) is 11.5 Å². The molecule has 2 aromatic carbocycles. The number of thiazole rings is 1. The highest BCUT2D eigenvalue weighted by Gasteiger charge is 2.39. The predicted molar refractivity (Wildman–Crippen MR) is 105 cm³/mol. The lowest BCUT2D eigenvalue weighted by atomic mass is 10.2. The molecule has 0 spiro atoms. The summed E-state index contributed by atoms with van der Waals surface area (Å²) in [6, 6.07) is 12.4. The topological polar surface area (TPSA) is 68.7 Å². The molecule has 1 saturated heterocycles. The predicted octanol–water partition coefficient (Wildman–Crippen LogP) is 3.84. The van der Waals surface area contributed by atoms with E-state index < -0.39 is 10.0 Å². The van der Waals surface area contributed by atoms with E-state index in [1.165, 1.54) is 20.3 Å². The number of benzene rings is 2. The summed E-state index contributed by atoms with van der Waals surface area (Å²) in [7, 11) is -0.774. The van der Waals surface area contributed by atoms with Crippen molar-refractivity contribution in [1.82, 2.24) is 9.29 Å². The first-order chi connectivity index (χ1) is 13.0. The molecular weight excluding hydrogens is 384 g/mol. The number of rotatable bonds is 5. The molecule has 27 heavy (non-hydrogen) atoms. The summed E-state index contributed by atoms with van der Waals surface area (Å²) in [5.41, 5.74) is 0.903. The third kappa shape index (κ3) is 3.18. The minimum atomic E-state index is -3.75. The fourth-order valence-corrected chi connectivity index (χ4v) is 6.43. The van der Waals surface area contributed by atoms with Gasteiger partial charge in [0.25, 0.3) is 0 Å². The Morgan fingerprint density at radius 1 is 1.15 bits per heavy atom. The lowest BCUT2D eigenvalue weighted by Crippen LogP contribution is -2.31. The Morgan fingerprint density at radius 2 is 1.96 bits per heavy atom. The lowest BCUT2D eigenvalue weighted by molar-refractivity contribution is 0.375. The summed E-state index contributed by atoms with van der Waals surface area (Å²) in [4.78, 5) is 4.81. The number of hydrogen-bond acceptors (Lipinski definition) is 6. The minimum absolute atomic E-state index is 0.123. The summed E-state index contributed by atoms with van der Waals surface area (Å²) in [5, 5.41) is 0.833. The maximum absolute atomic E-state index is 13.4. The molecule has 3 aromatic rings. The Kier molecular flexibility index (Phi) is 4.79. The zero-order valence-electron chi connectivity index (χ0n) is 15.1. The van der Waals surface area contributed by atoms with Gasteiger partial charge in [-0.05, 0) is 37.1 Å². The Hall–Kier alpha value is -2.16. The maximum Gasteiger partial charge on any atom is 0.247 e. The first kappa shape index (κ1) is 18.2. The van der Waals surface area contributed by atoms with E-state index in [0.717, 1.165) is 28.1 Å². The number of methoxy groups -OCH3 is 2. The van der Waals surface area contributed by atoms with Crippen molar-refractivity contribution in [2.45, 2.75) is 23.8 Å². The first-order valence-corrected chi connectivity index (χ1v) is 10.9. The largest absolute Gasteiger partial charge is 0.497 e. The fraction of sp³-hybridized carbons (Fsp3) is 0.316. The van der Waals surface area contributed by atoms with E-state index in [1.807, 2.05) is 24.3 Å². The summed E-state index contributed by atoms with van der Waals surface area (Å²) in [6.45, 7) is 0.462. The summed E-state index contributed by atoms with van der Waals surface area (Å²) in [5.74, 6) is 0.788. The molecule has 0 saturated carbocycles. The van der Waals surface area contributed by atoms with Gasteiger partial charge in [0.1, 0.15) is 21.4 Å². The Balaban J connectivity index is 1.76. The Bertz CT molecular complexity index is 1050. The van der Waals surface area contributed by atoms with Crippen molar-refractivity contribution in [3.8, 4) is 11.5 Å². The van der Waals surface area contributed by atoms with Crippen LogP contribution in [-0.2, 0) is 10.0 Å². The van der Waals surface area contributed by atoms with Crippen LogP contribution in [-0.4, -0.2) is 38.5 Å². The number of aromatic nitrogens is 1. The average molecular weight is 405 g/mol. The van der Waals surface area contributed by atoms with Gasteiger partial charge in [-0.2, -0.15) is 4.31 Å². The van der Waals surface area contributed by atoms with Crippen LogP contribution in [0.3, 0.4) is 0 Å². The Morgan fingerprint density at radius 3 is 2.70 bits per heavy atom. The van der Waals surface area contributed by atoms with Gasteiger partial charge in [-0.25, -0.2) is 13.4 Å². The molecule has 0 aliphatic carbocycles. The standard InChI is InChI=1S/C19H20N2O4S2/c1-24-13-9-10-16(25-2)18(12-13)27(22,23)21-11-5-7-15(21)19-20-14-6-3-4-8-17(14)26-19/h3-4,6,8-10,12,15H,5,7,11H2,1-2H3/t15-/m1/s1. The molecule has 2 heterocycles. The van der Waals surface area contributed by atoms with Gasteiger partial charge in [-0.1, -0.05) is 12.1 Å². The molecule has 1 aromatic heterocycles. The number of ether oxygens (including phenoxy) is 2. The van der Waals surface area contributed by atoms with E-state index in [1.54, 1.807) is 27.8 Å². The van der Waals surface area contributed by atoms with Crippen LogP contribution in [0.1, 0.15) is 23.9 Å². The SMILES string of the molecule is COc1ccc(OC)c(S(=O)(=O)N2CCC[C@@H]2c2nc3ccccc3s2)c1. The number of fused-ring (bicyclic) bond motifs is 1. The van der Waals surface area contributed by atoms with Crippen molar-refractivity contribution in [3.05, 3.63) is 47.5 Å². The molecule has 8 heteroatoms. The van der Waals surface area contributed by atoms with Gasteiger partial charge >= 0.3 is 0 Å². The normalized spacial score (nSPS) is 18.1. The van der Waals surface area contributed by atoms with Crippen LogP contribution in [0.2, 0.25) is 0 Å². The molecule has 0 N–H and O–H groups in total. The molecule has 6 nitrogen and oxygen atoms in total. The van der Waals surface area contributed by atoms with E-state index in [4.69, 9.17) is 9.47 Å². The van der Waals surface area contributed by atoms with Gasteiger partial charge in [-0.15, -0.1) is 11.3 Å². The number of nitrogens with zero attached hydrogens (tertiary/aromatic N) is 2. The third-order valence-corrected chi connectivity index (χ3v) is 7.82. The van der Waals surface area contributed by atoms with Crippen molar-refractivity contribution in [2.24, 2.45) is 0 Å². The van der Waals surface area contributed by atoms with Crippen LogP contribution in [0.4, 0.5) is 0 Å². The molecule has 142 valence electrons. The molecule has 1 atom stereocenters. The summed E-state index contributed by atoms with van der Waals surface area (Å²) in [6.07, 6.45) is 1.55. The molecule has 1 aliphatic heterocycles.